The molecule has 0 spiro atoms. The van der Waals surface area contributed by atoms with E-state index < -0.39 is 0 Å². The largest absolute Gasteiger partial charge is 0.361 e. The zero-order valence-corrected chi connectivity index (χ0v) is 14.6. The Morgan fingerprint density at radius 1 is 1.15 bits per heavy atom. The van der Waals surface area contributed by atoms with Gasteiger partial charge in [0.1, 0.15) is 5.76 Å². The number of nitrogens with zero attached hydrogens (tertiary/aromatic N) is 5. The molecule has 5 rings (SSSR count). The second-order valence-corrected chi connectivity index (χ2v) is 6.69. The minimum absolute atomic E-state index is 0.432. The van der Waals surface area contributed by atoms with E-state index in [1.165, 1.54) is 0 Å². The van der Waals surface area contributed by atoms with Crippen LogP contribution in [0, 0.1) is 13.8 Å². The third-order valence-corrected chi connectivity index (χ3v) is 4.90. The molecule has 3 aromatic heterocycles. The van der Waals surface area contributed by atoms with Crippen LogP contribution >= 0.6 is 0 Å². The van der Waals surface area contributed by atoms with Gasteiger partial charge < -0.3 is 9.84 Å². The number of hydrogen-bond acceptors (Lipinski definition) is 6. The third kappa shape index (κ3) is 2.40. The number of aromatic nitrogens is 5. The number of rotatable bonds is 3. The van der Waals surface area contributed by atoms with Gasteiger partial charge in [-0.3, -0.25) is 4.68 Å². The van der Waals surface area contributed by atoms with Gasteiger partial charge in [-0.25, -0.2) is 9.97 Å². The van der Waals surface area contributed by atoms with Gasteiger partial charge >= 0.3 is 0 Å². The molecule has 1 N–H and O–H groups in total. The number of fused-ring (bicyclic) bond motifs is 1. The number of benzene rings is 1. The Bertz CT molecular complexity index is 1090. The van der Waals surface area contributed by atoms with E-state index in [0.717, 1.165) is 52.1 Å². The van der Waals surface area contributed by atoms with E-state index in [1.807, 2.05) is 43.2 Å². The molecule has 0 aliphatic carbocycles. The quantitative estimate of drug-likeness (QED) is 0.614. The molecule has 0 saturated carbocycles. The summed E-state index contributed by atoms with van der Waals surface area (Å²) in [5.41, 5.74) is 4.83. The summed E-state index contributed by atoms with van der Waals surface area (Å²) in [5, 5.41) is 12.7. The predicted octanol–water partition coefficient (Wildman–Crippen LogP) is 2.91. The molecule has 1 aliphatic rings. The van der Waals surface area contributed by atoms with Crippen LogP contribution in [-0.2, 0) is 0 Å². The van der Waals surface area contributed by atoms with Gasteiger partial charge in [0.2, 0.25) is 0 Å². The summed E-state index contributed by atoms with van der Waals surface area (Å²) in [6.45, 7) is 5.80. The van der Waals surface area contributed by atoms with Crippen molar-refractivity contribution < 1.29 is 4.52 Å². The van der Waals surface area contributed by atoms with Crippen molar-refractivity contribution in [2.45, 2.75) is 19.9 Å². The Kier molecular flexibility index (Phi) is 3.36. The molecule has 4 heterocycles. The highest BCUT2D eigenvalue weighted by Crippen LogP contribution is 2.29. The van der Waals surface area contributed by atoms with E-state index in [4.69, 9.17) is 9.51 Å². The summed E-state index contributed by atoms with van der Waals surface area (Å²) >= 11 is 0. The van der Waals surface area contributed by atoms with Crippen molar-refractivity contribution in [2.75, 3.05) is 13.1 Å². The smallest absolute Gasteiger partial charge is 0.162 e. The zero-order valence-electron chi connectivity index (χ0n) is 14.6. The lowest BCUT2D eigenvalue weighted by Gasteiger charge is -2.27. The van der Waals surface area contributed by atoms with Gasteiger partial charge in [-0.1, -0.05) is 11.2 Å². The summed E-state index contributed by atoms with van der Waals surface area (Å²) in [6, 6.07) is 6.58. The molecule has 0 atom stereocenters. The van der Waals surface area contributed by atoms with Crippen LogP contribution in [0.15, 0.2) is 41.3 Å². The number of hydrogen-bond donors (Lipinski definition) is 1. The van der Waals surface area contributed by atoms with E-state index >= 15 is 0 Å². The van der Waals surface area contributed by atoms with E-state index in [2.05, 4.69) is 32.7 Å². The molecule has 1 aliphatic heterocycles. The van der Waals surface area contributed by atoms with Crippen molar-refractivity contribution in [3.63, 3.8) is 0 Å². The van der Waals surface area contributed by atoms with E-state index in [0.29, 0.717) is 11.9 Å². The second-order valence-electron chi connectivity index (χ2n) is 6.69. The third-order valence-electron chi connectivity index (χ3n) is 4.90. The van der Waals surface area contributed by atoms with Crippen molar-refractivity contribution in [1.29, 1.82) is 0 Å². The van der Waals surface area contributed by atoms with Gasteiger partial charge in [-0.15, -0.1) is 0 Å². The molecule has 7 nitrogen and oxygen atoms in total. The van der Waals surface area contributed by atoms with E-state index in [1.54, 1.807) is 0 Å². The molecular weight excluding hydrogens is 328 g/mol. The molecule has 130 valence electrons. The second kappa shape index (κ2) is 5.74. The normalized spacial score (nSPS) is 14.7. The van der Waals surface area contributed by atoms with Gasteiger partial charge in [0, 0.05) is 36.4 Å². The predicted molar refractivity (Wildman–Crippen MR) is 97.6 cm³/mol. The monoisotopic (exact) mass is 346 g/mol. The Balaban J connectivity index is 1.52. The first-order chi connectivity index (χ1) is 12.7. The fourth-order valence-electron chi connectivity index (χ4n) is 3.34. The highest BCUT2D eigenvalue weighted by molar-refractivity contribution is 5.85. The fourth-order valence-corrected chi connectivity index (χ4v) is 3.34. The molecule has 1 fully saturated rings. The molecule has 0 amide bonds. The van der Waals surface area contributed by atoms with Crippen LogP contribution in [0.5, 0.6) is 0 Å². The zero-order chi connectivity index (χ0) is 17.7. The molecule has 0 unspecified atom stereocenters. The van der Waals surface area contributed by atoms with Crippen LogP contribution < -0.4 is 5.32 Å². The maximum atomic E-state index is 5.28. The highest BCUT2D eigenvalue weighted by Gasteiger charge is 2.20. The lowest BCUT2D eigenvalue weighted by atomic mass is 10.0. The van der Waals surface area contributed by atoms with Gasteiger partial charge in [-0.05, 0) is 31.5 Å². The van der Waals surface area contributed by atoms with Crippen LogP contribution in [0.2, 0.25) is 0 Å². The molecule has 0 radical (unpaired) electrons. The fraction of sp³-hybridized carbons (Fsp3) is 0.263. The molecule has 0 bridgehead atoms. The van der Waals surface area contributed by atoms with Crippen molar-refractivity contribution in [3.05, 3.63) is 48.2 Å². The van der Waals surface area contributed by atoms with Crippen LogP contribution in [0.4, 0.5) is 0 Å². The maximum absolute atomic E-state index is 5.28. The van der Waals surface area contributed by atoms with E-state index in [-0.39, 0.29) is 0 Å². The van der Waals surface area contributed by atoms with Gasteiger partial charge in [0.05, 0.1) is 29.0 Å². The Hall–Kier alpha value is -3.06. The van der Waals surface area contributed by atoms with Crippen molar-refractivity contribution in [3.8, 4) is 22.5 Å². The summed E-state index contributed by atoms with van der Waals surface area (Å²) in [6.07, 6.45) is 5.71. The maximum Gasteiger partial charge on any atom is 0.162 e. The minimum atomic E-state index is 0.432. The molecule has 1 saturated heterocycles. The summed E-state index contributed by atoms with van der Waals surface area (Å²) in [7, 11) is 0. The van der Waals surface area contributed by atoms with Crippen LogP contribution in [0.1, 0.15) is 17.5 Å². The van der Waals surface area contributed by atoms with Crippen molar-refractivity contribution >= 4 is 10.9 Å². The van der Waals surface area contributed by atoms with E-state index in [9.17, 15) is 0 Å². The lowest BCUT2D eigenvalue weighted by molar-refractivity contribution is 0.318. The van der Waals surface area contributed by atoms with Gasteiger partial charge in [0.15, 0.2) is 5.82 Å². The first-order valence-corrected chi connectivity index (χ1v) is 8.64. The Morgan fingerprint density at radius 2 is 2.04 bits per heavy atom. The van der Waals surface area contributed by atoms with Gasteiger partial charge in [-0.2, -0.15) is 5.10 Å². The molecular formula is C19H18N6O. The first-order valence-electron chi connectivity index (χ1n) is 8.64. The number of nitrogens with one attached hydrogen (secondary N) is 1. The summed E-state index contributed by atoms with van der Waals surface area (Å²) in [5.74, 6) is 1.51. The summed E-state index contributed by atoms with van der Waals surface area (Å²) in [4.78, 5) is 9.25. The van der Waals surface area contributed by atoms with Crippen LogP contribution in [0.3, 0.4) is 0 Å². The van der Waals surface area contributed by atoms with Gasteiger partial charge in [0.25, 0.3) is 0 Å². The van der Waals surface area contributed by atoms with Crippen molar-refractivity contribution in [2.24, 2.45) is 0 Å². The Labute approximate surface area is 150 Å². The number of aryl methyl sites for hydroxylation is 2. The van der Waals surface area contributed by atoms with Crippen LogP contribution in [-0.4, -0.2) is 38.0 Å². The van der Waals surface area contributed by atoms with Crippen molar-refractivity contribution in [1.82, 2.24) is 30.2 Å². The Morgan fingerprint density at radius 3 is 2.77 bits per heavy atom. The average Bonchev–Trinajstić information content (AvgIpc) is 3.20. The minimum Gasteiger partial charge on any atom is -0.361 e. The highest BCUT2D eigenvalue weighted by atomic mass is 16.5. The lowest BCUT2D eigenvalue weighted by Crippen LogP contribution is -2.43. The average molecular weight is 346 g/mol. The SMILES string of the molecule is Cc1noc(C)c1-c1ccc2nc(-c3cnn(C4CNC4)c3)ncc2c1. The topological polar surface area (TPSA) is 81.7 Å². The first kappa shape index (κ1) is 15.2. The summed E-state index contributed by atoms with van der Waals surface area (Å²) < 4.78 is 7.27. The van der Waals surface area contributed by atoms with Crippen LogP contribution in [0.25, 0.3) is 33.4 Å². The standard InChI is InChI=1S/C19H18N6O/c1-11-18(12(2)26-24-11)13-3-4-17-14(5-13)6-21-19(23-17)15-7-22-25(10-15)16-8-20-9-16/h3-7,10,16,20H,8-9H2,1-2H3. The molecule has 7 heteroatoms. The molecule has 1 aromatic carbocycles. The molecule has 4 aromatic rings. The molecule has 26 heavy (non-hydrogen) atoms.